The van der Waals surface area contributed by atoms with Crippen LogP contribution in [0.15, 0.2) is 54.6 Å². The van der Waals surface area contributed by atoms with E-state index in [1.807, 2.05) is 49.3 Å². The average molecular weight is 459 g/mol. The number of nitrogens with one attached hydrogen (secondary N) is 1. The number of nitrogens with zero attached hydrogens (tertiary/aromatic N) is 1. The molecule has 0 unspecified atom stereocenters. The first-order valence-corrected chi connectivity index (χ1v) is 11.7. The number of benzene rings is 3. The van der Waals surface area contributed by atoms with Gasteiger partial charge in [-0.15, -0.1) is 0 Å². The lowest BCUT2D eigenvalue weighted by molar-refractivity contribution is 0.405. The van der Waals surface area contributed by atoms with Gasteiger partial charge in [0.05, 0.1) is 25.7 Å². The Bertz CT molecular complexity index is 1210. The van der Waals surface area contributed by atoms with Crippen LogP contribution in [0.5, 0.6) is 11.5 Å². The zero-order chi connectivity index (χ0) is 23.5. The predicted molar refractivity (Wildman–Crippen MR) is 128 cm³/mol. The lowest BCUT2D eigenvalue weighted by Crippen LogP contribution is -2.14. The molecule has 32 heavy (non-hydrogen) atoms. The molecule has 0 saturated heterocycles. The normalized spacial score (nSPS) is 11.2. The molecule has 0 saturated carbocycles. The third-order valence-electron chi connectivity index (χ3n) is 5.13. The summed E-state index contributed by atoms with van der Waals surface area (Å²) in [5, 5.41) is 0. The van der Waals surface area contributed by atoms with Crippen molar-refractivity contribution in [2.24, 2.45) is 0 Å². The molecule has 170 valence electrons. The molecule has 0 aliphatic carbocycles. The van der Waals surface area contributed by atoms with Gasteiger partial charge in [-0.1, -0.05) is 12.1 Å². The highest BCUT2D eigenvalue weighted by molar-refractivity contribution is 7.92. The maximum absolute atomic E-state index is 15.0. The summed E-state index contributed by atoms with van der Waals surface area (Å²) in [6.07, 6.45) is 0. The molecule has 3 rings (SSSR count). The zero-order valence-corrected chi connectivity index (χ0v) is 19.6. The second kappa shape index (κ2) is 9.48. The van der Waals surface area contributed by atoms with E-state index in [9.17, 15) is 12.8 Å². The highest BCUT2D eigenvalue weighted by Crippen LogP contribution is 2.42. The van der Waals surface area contributed by atoms with Gasteiger partial charge in [-0.2, -0.15) is 0 Å². The molecule has 0 spiro atoms. The van der Waals surface area contributed by atoms with Gasteiger partial charge in [-0.25, -0.2) is 12.8 Å². The second-order valence-electron chi connectivity index (χ2n) is 7.39. The van der Waals surface area contributed by atoms with E-state index in [-0.39, 0.29) is 17.0 Å². The molecule has 3 aromatic carbocycles. The Morgan fingerprint density at radius 1 is 0.875 bits per heavy atom. The largest absolute Gasteiger partial charge is 0.496 e. The summed E-state index contributed by atoms with van der Waals surface area (Å²) in [7, 11) is 3.52. The van der Waals surface area contributed by atoms with Crippen molar-refractivity contribution in [3.8, 4) is 33.8 Å². The Morgan fingerprint density at radius 3 is 2.00 bits per heavy atom. The van der Waals surface area contributed by atoms with Gasteiger partial charge in [0.2, 0.25) is 10.0 Å². The van der Waals surface area contributed by atoms with Crippen LogP contribution in [0.3, 0.4) is 0 Å². The first kappa shape index (κ1) is 23.4. The van der Waals surface area contributed by atoms with Crippen molar-refractivity contribution in [1.82, 2.24) is 0 Å². The topological polar surface area (TPSA) is 67.9 Å². The van der Waals surface area contributed by atoms with Crippen LogP contribution in [0, 0.1) is 5.82 Å². The molecule has 1 N–H and O–H groups in total. The number of ether oxygens (including phenoxy) is 2. The van der Waals surface area contributed by atoms with E-state index in [2.05, 4.69) is 4.72 Å². The fourth-order valence-electron chi connectivity index (χ4n) is 3.32. The Labute approximate surface area is 188 Å². The van der Waals surface area contributed by atoms with Crippen molar-refractivity contribution in [2.75, 3.05) is 43.7 Å². The van der Waals surface area contributed by atoms with E-state index >= 15 is 0 Å². The van der Waals surface area contributed by atoms with Crippen molar-refractivity contribution in [3.63, 3.8) is 0 Å². The summed E-state index contributed by atoms with van der Waals surface area (Å²) in [6, 6.07) is 15.7. The SMILES string of the molecule is CCS(=O)(=O)Nc1ccc(-c2cc(OC)c(-c3ccc(N(C)C)cc3)cc2OC)c(F)c1. The van der Waals surface area contributed by atoms with Crippen molar-refractivity contribution < 1.29 is 22.3 Å². The van der Waals surface area contributed by atoms with Crippen LogP contribution in [0.2, 0.25) is 0 Å². The van der Waals surface area contributed by atoms with Gasteiger partial charge in [-0.05, 0) is 55.0 Å². The molecule has 0 bridgehead atoms. The number of hydrogen-bond donors (Lipinski definition) is 1. The van der Waals surface area contributed by atoms with Crippen LogP contribution >= 0.6 is 0 Å². The highest BCUT2D eigenvalue weighted by atomic mass is 32.2. The number of rotatable bonds is 8. The summed E-state index contributed by atoms with van der Waals surface area (Å²) in [6.45, 7) is 1.51. The maximum Gasteiger partial charge on any atom is 0.232 e. The first-order valence-electron chi connectivity index (χ1n) is 10.0. The third kappa shape index (κ3) is 4.96. The van der Waals surface area contributed by atoms with Crippen molar-refractivity contribution in [3.05, 3.63) is 60.4 Å². The fraction of sp³-hybridized carbons (Fsp3) is 0.250. The Kier molecular flexibility index (Phi) is 6.93. The maximum atomic E-state index is 15.0. The van der Waals surface area contributed by atoms with Crippen LogP contribution in [0.4, 0.5) is 15.8 Å². The number of anilines is 2. The second-order valence-corrected chi connectivity index (χ2v) is 9.41. The Morgan fingerprint density at radius 2 is 1.47 bits per heavy atom. The highest BCUT2D eigenvalue weighted by Gasteiger charge is 2.18. The molecule has 0 heterocycles. The van der Waals surface area contributed by atoms with E-state index in [0.29, 0.717) is 17.1 Å². The van der Waals surface area contributed by atoms with Crippen molar-refractivity contribution >= 4 is 21.4 Å². The van der Waals surface area contributed by atoms with Gasteiger partial charge in [0.25, 0.3) is 0 Å². The summed E-state index contributed by atoms with van der Waals surface area (Å²) in [4.78, 5) is 2.01. The van der Waals surface area contributed by atoms with Crippen molar-refractivity contribution in [2.45, 2.75) is 6.92 Å². The Balaban J connectivity index is 2.06. The minimum atomic E-state index is -3.50. The van der Waals surface area contributed by atoms with Crippen LogP contribution in [0.25, 0.3) is 22.3 Å². The standard InChI is InChI=1S/C24H27FN2O4S/c1-6-32(28,29)26-17-9-12-19(22(25)13-17)21-15-23(30-4)20(14-24(21)31-5)16-7-10-18(11-8-16)27(2)3/h7-15,26H,6H2,1-5H3. The van der Waals surface area contributed by atoms with E-state index < -0.39 is 15.8 Å². The van der Waals surface area contributed by atoms with E-state index in [4.69, 9.17) is 9.47 Å². The van der Waals surface area contributed by atoms with Gasteiger partial charge in [0.1, 0.15) is 17.3 Å². The van der Waals surface area contributed by atoms with Gasteiger partial charge in [0, 0.05) is 36.5 Å². The van der Waals surface area contributed by atoms with E-state index in [1.165, 1.54) is 26.2 Å². The molecule has 8 heteroatoms. The molecular weight excluding hydrogens is 431 g/mol. The minimum absolute atomic E-state index is 0.0988. The van der Waals surface area contributed by atoms with Crippen LogP contribution in [-0.2, 0) is 10.0 Å². The average Bonchev–Trinajstić information content (AvgIpc) is 2.78. The lowest BCUT2D eigenvalue weighted by Gasteiger charge is -2.17. The Hall–Kier alpha value is -3.26. The molecule has 0 aromatic heterocycles. The smallest absolute Gasteiger partial charge is 0.232 e. The molecule has 0 aliphatic rings. The summed E-state index contributed by atoms with van der Waals surface area (Å²) in [5.41, 5.74) is 3.75. The molecule has 0 radical (unpaired) electrons. The molecular formula is C24H27FN2O4S. The predicted octanol–water partition coefficient (Wildman–Crippen LogP) is 5.00. The summed E-state index contributed by atoms with van der Waals surface area (Å²) < 4.78 is 52.0. The van der Waals surface area contributed by atoms with Crippen molar-refractivity contribution in [1.29, 1.82) is 0 Å². The van der Waals surface area contributed by atoms with Gasteiger partial charge in [0.15, 0.2) is 0 Å². The molecule has 0 aliphatic heterocycles. The molecule has 0 atom stereocenters. The molecule has 6 nitrogen and oxygen atoms in total. The first-order chi connectivity index (χ1) is 15.2. The lowest BCUT2D eigenvalue weighted by atomic mass is 9.97. The van der Waals surface area contributed by atoms with E-state index in [1.54, 1.807) is 13.2 Å². The van der Waals surface area contributed by atoms with Gasteiger partial charge in [-0.3, -0.25) is 4.72 Å². The van der Waals surface area contributed by atoms with Gasteiger partial charge < -0.3 is 14.4 Å². The summed E-state index contributed by atoms with van der Waals surface area (Å²) in [5.74, 6) is 0.356. The summed E-state index contributed by atoms with van der Waals surface area (Å²) >= 11 is 0. The monoisotopic (exact) mass is 458 g/mol. The van der Waals surface area contributed by atoms with Crippen LogP contribution in [0.1, 0.15) is 6.92 Å². The molecule has 0 fully saturated rings. The van der Waals surface area contributed by atoms with Crippen LogP contribution < -0.4 is 19.1 Å². The van der Waals surface area contributed by atoms with Crippen LogP contribution in [-0.4, -0.2) is 42.5 Å². The fourth-order valence-corrected chi connectivity index (χ4v) is 3.95. The quantitative estimate of drug-likeness (QED) is 0.514. The number of hydrogen-bond acceptors (Lipinski definition) is 5. The minimum Gasteiger partial charge on any atom is -0.496 e. The third-order valence-corrected chi connectivity index (χ3v) is 6.44. The van der Waals surface area contributed by atoms with Gasteiger partial charge >= 0.3 is 0 Å². The zero-order valence-electron chi connectivity index (χ0n) is 18.8. The number of sulfonamides is 1. The number of methoxy groups -OCH3 is 2. The molecule has 0 amide bonds. The number of halogens is 1. The van der Waals surface area contributed by atoms with E-state index in [0.717, 1.165) is 22.9 Å². The molecule has 3 aromatic rings.